The molecule has 0 bridgehead atoms. The summed E-state index contributed by atoms with van der Waals surface area (Å²) < 4.78 is 27.3. The number of carboxylic acid groups (broad SMARTS) is 1. The summed E-state index contributed by atoms with van der Waals surface area (Å²) in [7, 11) is -2.08. The molecule has 0 spiro atoms. The van der Waals surface area contributed by atoms with E-state index < -0.39 is 16.0 Å². The van der Waals surface area contributed by atoms with Crippen LogP contribution in [0.15, 0.2) is 11.2 Å². The van der Waals surface area contributed by atoms with Gasteiger partial charge in [0.15, 0.2) is 5.03 Å². The Morgan fingerprint density at radius 3 is 2.71 bits per heavy atom. The minimum absolute atomic E-state index is 0.0626. The predicted octanol–water partition coefficient (Wildman–Crippen LogP) is -0.128. The minimum atomic E-state index is -3.62. The molecule has 1 aromatic rings. The number of aliphatic carboxylic acids is 1. The summed E-state index contributed by atoms with van der Waals surface area (Å²) >= 11 is 0. The van der Waals surface area contributed by atoms with Crippen molar-refractivity contribution in [2.45, 2.75) is 24.8 Å². The lowest BCUT2D eigenvalue weighted by Gasteiger charge is -2.07. The highest BCUT2D eigenvalue weighted by molar-refractivity contribution is 7.89. The molecule has 0 aliphatic carbocycles. The van der Waals surface area contributed by atoms with Gasteiger partial charge >= 0.3 is 5.97 Å². The molecule has 17 heavy (non-hydrogen) atoms. The summed E-state index contributed by atoms with van der Waals surface area (Å²) in [5.41, 5.74) is 0.554. The Kier molecular flexibility index (Phi) is 4.24. The van der Waals surface area contributed by atoms with Crippen molar-refractivity contribution in [1.29, 1.82) is 0 Å². The van der Waals surface area contributed by atoms with Crippen molar-refractivity contribution in [3.8, 4) is 0 Å². The number of sulfonamides is 1. The van der Waals surface area contributed by atoms with Crippen LogP contribution in [-0.2, 0) is 21.9 Å². The summed E-state index contributed by atoms with van der Waals surface area (Å²) in [4.78, 5) is 10.3. The average Bonchev–Trinajstić information content (AvgIpc) is 2.53. The highest BCUT2D eigenvalue weighted by Gasteiger charge is 2.20. The molecule has 96 valence electrons. The summed E-state index contributed by atoms with van der Waals surface area (Å²) in [6, 6.07) is 0. The first-order chi connectivity index (χ1) is 7.84. The molecule has 0 saturated carbocycles. The Labute approximate surface area is 99.5 Å². The van der Waals surface area contributed by atoms with Crippen molar-refractivity contribution in [3.63, 3.8) is 0 Å². The van der Waals surface area contributed by atoms with Gasteiger partial charge in [-0.3, -0.25) is 9.48 Å². The van der Waals surface area contributed by atoms with Gasteiger partial charge in [0.1, 0.15) is 0 Å². The number of carboxylic acids is 1. The predicted molar refractivity (Wildman–Crippen MR) is 60.0 cm³/mol. The smallest absolute Gasteiger partial charge is 0.303 e. The zero-order valence-corrected chi connectivity index (χ0v) is 10.5. The summed E-state index contributed by atoms with van der Waals surface area (Å²) in [6.45, 7) is 1.75. The summed E-state index contributed by atoms with van der Waals surface area (Å²) in [5.74, 6) is -0.944. The van der Waals surface area contributed by atoms with Crippen LogP contribution in [-0.4, -0.2) is 35.8 Å². The van der Waals surface area contributed by atoms with E-state index >= 15 is 0 Å². The molecule has 0 fully saturated rings. The van der Waals surface area contributed by atoms with Crippen LogP contribution in [0.25, 0.3) is 0 Å². The Balaban J connectivity index is 2.67. The molecule has 2 N–H and O–H groups in total. The monoisotopic (exact) mass is 261 g/mol. The molecular weight excluding hydrogens is 246 g/mol. The van der Waals surface area contributed by atoms with Gasteiger partial charge < -0.3 is 5.11 Å². The van der Waals surface area contributed by atoms with Crippen LogP contribution in [0.3, 0.4) is 0 Å². The van der Waals surface area contributed by atoms with Gasteiger partial charge in [-0.1, -0.05) is 0 Å². The molecule has 1 rings (SSSR count). The van der Waals surface area contributed by atoms with Gasteiger partial charge in [0.2, 0.25) is 0 Å². The maximum absolute atomic E-state index is 11.9. The maximum Gasteiger partial charge on any atom is 0.303 e. The normalized spacial score (nSPS) is 11.6. The topological polar surface area (TPSA) is 101 Å². The Morgan fingerprint density at radius 2 is 2.24 bits per heavy atom. The molecule has 0 aromatic carbocycles. The van der Waals surface area contributed by atoms with Gasteiger partial charge in [-0.25, -0.2) is 13.1 Å². The van der Waals surface area contributed by atoms with Crippen molar-refractivity contribution < 1.29 is 18.3 Å². The molecule has 1 aromatic heterocycles. The number of aryl methyl sites for hydroxylation is 2. The number of hydrogen-bond donors (Lipinski definition) is 2. The summed E-state index contributed by atoms with van der Waals surface area (Å²) in [6.07, 6.45) is 1.66. The molecule has 8 heteroatoms. The molecular formula is C9H15N3O4S. The van der Waals surface area contributed by atoms with E-state index in [0.717, 1.165) is 0 Å². The molecule has 0 unspecified atom stereocenters. The van der Waals surface area contributed by atoms with E-state index in [2.05, 4.69) is 9.82 Å². The number of nitrogens with one attached hydrogen (secondary N) is 1. The minimum Gasteiger partial charge on any atom is -0.481 e. The van der Waals surface area contributed by atoms with Gasteiger partial charge in [-0.15, -0.1) is 0 Å². The molecule has 0 amide bonds. The van der Waals surface area contributed by atoms with Crippen molar-refractivity contribution >= 4 is 16.0 Å². The van der Waals surface area contributed by atoms with Gasteiger partial charge in [0.25, 0.3) is 10.0 Å². The maximum atomic E-state index is 11.9. The lowest BCUT2D eigenvalue weighted by Crippen LogP contribution is -2.27. The van der Waals surface area contributed by atoms with Crippen molar-refractivity contribution in [2.75, 3.05) is 6.54 Å². The number of hydrogen-bond acceptors (Lipinski definition) is 4. The first-order valence-electron chi connectivity index (χ1n) is 5.04. The molecule has 1 heterocycles. The quantitative estimate of drug-likeness (QED) is 0.695. The van der Waals surface area contributed by atoms with E-state index in [-0.39, 0.29) is 24.4 Å². The third kappa shape index (κ3) is 3.53. The molecule has 0 radical (unpaired) electrons. The fourth-order valence-electron chi connectivity index (χ4n) is 1.44. The standard InChI is InChI=1S/C9H15N3O4S/c1-7-6-10-12(2)9(7)17(15,16)11-5-3-4-8(13)14/h6,11H,3-5H2,1-2H3,(H,13,14). The van der Waals surface area contributed by atoms with Crippen LogP contribution in [0, 0.1) is 6.92 Å². The second-order valence-corrected chi connectivity index (χ2v) is 5.33. The van der Waals surface area contributed by atoms with Crippen LogP contribution in [0.2, 0.25) is 0 Å². The zero-order valence-electron chi connectivity index (χ0n) is 9.67. The number of nitrogens with zero attached hydrogens (tertiary/aromatic N) is 2. The van der Waals surface area contributed by atoms with Crippen molar-refractivity contribution in [3.05, 3.63) is 11.8 Å². The van der Waals surface area contributed by atoms with Crippen LogP contribution in [0.5, 0.6) is 0 Å². The second-order valence-electron chi connectivity index (χ2n) is 3.65. The van der Waals surface area contributed by atoms with Crippen molar-refractivity contribution in [1.82, 2.24) is 14.5 Å². The lowest BCUT2D eigenvalue weighted by atomic mass is 10.3. The van der Waals surface area contributed by atoms with E-state index in [4.69, 9.17) is 5.11 Å². The first kappa shape index (κ1) is 13.7. The average molecular weight is 261 g/mol. The number of aromatic nitrogens is 2. The fraction of sp³-hybridized carbons (Fsp3) is 0.556. The third-order valence-electron chi connectivity index (χ3n) is 2.17. The second kappa shape index (κ2) is 5.28. The van der Waals surface area contributed by atoms with E-state index in [1.807, 2.05) is 0 Å². The van der Waals surface area contributed by atoms with E-state index in [0.29, 0.717) is 5.56 Å². The van der Waals surface area contributed by atoms with E-state index in [9.17, 15) is 13.2 Å². The third-order valence-corrected chi connectivity index (χ3v) is 3.85. The lowest BCUT2D eigenvalue weighted by molar-refractivity contribution is -0.137. The molecule has 7 nitrogen and oxygen atoms in total. The molecule has 0 aliphatic heterocycles. The van der Waals surface area contributed by atoms with E-state index in [1.54, 1.807) is 14.0 Å². The van der Waals surface area contributed by atoms with Gasteiger partial charge in [0.05, 0.1) is 6.20 Å². The SMILES string of the molecule is Cc1cnn(C)c1S(=O)(=O)NCCCC(=O)O. The number of rotatable bonds is 6. The highest BCUT2D eigenvalue weighted by Crippen LogP contribution is 2.12. The molecule has 0 aliphatic rings. The first-order valence-corrected chi connectivity index (χ1v) is 6.53. The van der Waals surface area contributed by atoms with Crippen LogP contribution < -0.4 is 4.72 Å². The number of carbonyl (C=O) groups is 1. The Hall–Kier alpha value is -1.41. The fourth-order valence-corrected chi connectivity index (χ4v) is 2.86. The molecule has 0 saturated heterocycles. The Morgan fingerprint density at radius 1 is 1.59 bits per heavy atom. The van der Waals surface area contributed by atoms with Crippen molar-refractivity contribution in [2.24, 2.45) is 7.05 Å². The van der Waals surface area contributed by atoms with Gasteiger partial charge in [-0.05, 0) is 13.3 Å². The van der Waals surface area contributed by atoms with Crippen LogP contribution >= 0.6 is 0 Å². The van der Waals surface area contributed by atoms with E-state index in [1.165, 1.54) is 10.9 Å². The van der Waals surface area contributed by atoms with Crippen LogP contribution in [0.1, 0.15) is 18.4 Å². The van der Waals surface area contributed by atoms with Crippen LogP contribution in [0.4, 0.5) is 0 Å². The van der Waals surface area contributed by atoms with Gasteiger partial charge in [-0.2, -0.15) is 5.10 Å². The Bertz CT molecular complexity index is 487. The highest BCUT2D eigenvalue weighted by atomic mass is 32.2. The zero-order chi connectivity index (χ0) is 13.1. The largest absolute Gasteiger partial charge is 0.481 e. The summed E-state index contributed by atoms with van der Waals surface area (Å²) in [5, 5.41) is 12.4. The molecule has 0 atom stereocenters. The van der Waals surface area contributed by atoms with Gasteiger partial charge in [0, 0.05) is 25.6 Å².